The first-order chi connectivity index (χ1) is 9.61. The Hall–Kier alpha value is -1.81. The number of carbonyl (C=O) groups is 1. The molecule has 2 N–H and O–H groups in total. The average molecular weight is 272 g/mol. The summed E-state index contributed by atoms with van der Waals surface area (Å²) in [4.78, 5) is 17.2. The van der Waals surface area contributed by atoms with Crippen LogP contribution in [0, 0.1) is 0 Å². The van der Waals surface area contributed by atoms with E-state index in [1.54, 1.807) is 4.90 Å². The van der Waals surface area contributed by atoms with Gasteiger partial charge >= 0.3 is 0 Å². The Morgan fingerprint density at radius 1 is 1.40 bits per heavy atom. The lowest BCUT2D eigenvalue weighted by atomic mass is 9.89. The number of aromatic nitrogens is 1. The Morgan fingerprint density at radius 3 is 2.90 bits per heavy atom. The van der Waals surface area contributed by atoms with E-state index in [4.69, 9.17) is 0 Å². The molecular weight excluding hydrogens is 252 g/mol. The van der Waals surface area contributed by atoms with Crippen molar-refractivity contribution < 1.29 is 9.90 Å². The van der Waals surface area contributed by atoms with Crippen LogP contribution in [0.5, 0.6) is 0 Å². The van der Waals surface area contributed by atoms with Crippen LogP contribution in [-0.4, -0.2) is 39.6 Å². The van der Waals surface area contributed by atoms with Gasteiger partial charge in [0, 0.05) is 17.1 Å². The van der Waals surface area contributed by atoms with E-state index >= 15 is 0 Å². The van der Waals surface area contributed by atoms with Gasteiger partial charge in [0.1, 0.15) is 0 Å². The SMILES string of the molecule is CCCC1(O)CN(C(=O)Cc2c[nH]c3ccccc23)C1. The van der Waals surface area contributed by atoms with Gasteiger partial charge in [-0.1, -0.05) is 31.5 Å². The number of aromatic amines is 1. The topological polar surface area (TPSA) is 56.3 Å². The van der Waals surface area contributed by atoms with Crippen molar-refractivity contribution in [2.45, 2.75) is 31.8 Å². The summed E-state index contributed by atoms with van der Waals surface area (Å²) in [5, 5.41) is 11.2. The summed E-state index contributed by atoms with van der Waals surface area (Å²) in [5.74, 6) is 0.0931. The maximum atomic E-state index is 12.2. The number of likely N-dealkylation sites (tertiary alicyclic amines) is 1. The molecule has 1 saturated heterocycles. The molecule has 1 aliphatic heterocycles. The highest BCUT2D eigenvalue weighted by Crippen LogP contribution is 2.27. The van der Waals surface area contributed by atoms with Crippen molar-refractivity contribution in [3.8, 4) is 0 Å². The predicted molar refractivity (Wildman–Crippen MR) is 78.4 cm³/mol. The number of hydrogen-bond acceptors (Lipinski definition) is 2. The molecule has 0 radical (unpaired) electrons. The Kier molecular flexibility index (Phi) is 3.26. The summed E-state index contributed by atoms with van der Waals surface area (Å²) in [6.07, 6.45) is 4.01. The van der Waals surface area contributed by atoms with Crippen LogP contribution in [0.25, 0.3) is 10.9 Å². The first-order valence-electron chi connectivity index (χ1n) is 7.16. The van der Waals surface area contributed by atoms with E-state index in [9.17, 15) is 9.90 Å². The number of nitrogens with one attached hydrogen (secondary N) is 1. The Balaban J connectivity index is 1.66. The second kappa shape index (κ2) is 4.94. The van der Waals surface area contributed by atoms with E-state index in [1.165, 1.54) is 0 Å². The third-order valence-electron chi connectivity index (χ3n) is 4.06. The highest BCUT2D eigenvalue weighted by molar-refractivity contribution is 5.89. The number of carbonyl (C=O) groups excluding carboxylic acids is 1. The molecule has 0 saturated carbocycles. The number of para-hydroxylation sites is 1. The van der Waals surface area contributed by atoms with Crippen molar-refractivity contribution in [2.24, 2.45) is 0 Å². The zero-order chi connectivity index (χ0) is 14.2. The van der Waals surface area contributed by atoms with Crippen molar-refractivity contribution >= 4 is 16.8 Å². The number of benzene rings is 1. The Bertz CT molecular complexity index is 626. The van der Waals surface area contributed by atoms with Crippen LogP contribution in [-0.2, 0) is 11.2 Å². The molecule has 0 spiro atoms. The van der Waals surface area contributed by atoms with Crippen LogP contribution in [0.4, 0.5) is 0 Å². The zero-order valence-corrected chi connectivity index (χ0v) is 11.7. The molecule has 4 nitrogen and oxygen atoms in total. The molecule has 1 aliphatic rings. The van der Waals surface area contributed by atoms with Crippen molar-refractivity contribution in [3.05, 3.63) is 36.0 Å². The summed E-state index contributed by atoms with van der Waals surface area (Å²) >= 11 is 0. The number of H-pyrrole nitrogens is 1. The first kappa shape index (κ1) is 13.2. The number of fused-ring (bicyclic) bond motifs is 1. The van der Waals surface area contributed by atoms with E-state index < -0.39 is 5.60 Å². The van der Waals surface area contributed by atoms with Crippen LogP contribution >= 0.6 is 0 Å². The van der Waals surface area contributed by atoms with Gasteiger partial charge in [-0.05, 0) is 18.1 Å². The third kappa shape index (κ3) is 2.31. The largest absolute Gasteiger partial charge is 0.386 e. The summed E-state index contributed by atoms with van der Waals surface area (Å²) in [6.45, 7) is 3.00. The summed E-state index contributed by atoms with van der Waals surface area (Å²) in [7, 11) is 0. The Labute approximate surface area is 118 Å². The van der Waals surface area contributed by atoms with Crippen molar-refractivity contribution in [3.63, 3.8) is 0 Å². The normalized spacial score (nSPS) is 17.2. The molecule has 2 heterocycles. The van der Waals surface area contributed by atoms with Crippen LogP contribution in [0.2, 0.25) is 0 Å². The molecule has 0 bridgehead atoms. The zero-order valence-electron chi connectivity index (χ0n) is 11.7. The second-order valence-electron chi connectivity index (χ2n) is 5.76. The molecule has 2 aromatic rings. The maximum Gasteiger partial charge on any atom is 0.227 e. The second-order valence-corrected chi connectivity index (χ2v) is 5.76. The third-order valence-corrected chi connectivity index (χ3v) is 4.06. The predicted octanol–water partition coefficient (Wildman–Crippen LogP) is 2.08. The summed E-state index contributed by atoms with van der Waals surface area (Å²) in [5.41, 5.74) is 1.43. The molecule has 1 aromatic heterocycles. The van der Waals surface area contributed by atoms with Crippen LogP contribution in [0.1, 0.15) is 25.3 Å². The van der Waals surface area contributed by atoms with Crippen molar-refractivity contribution in [1.29, 1.82) is 0 Å². The van der Waals surface area contributed by atoms with Crippen LogP contribution in [0.3, 0.4) is 0 Å². The van der Waals surface area contributed by atoms with E-state index in [0.29, 0.717) is 19.5 Å². The number of hydrogen-bond donors (Lipinski definition) is 2. The first-order valence-corrected chi connectivity index (χ1v) is 7.16. The molecular formula is C16H20N2O2. The van der Waals surface area contributed by atoms with Gasteiger partial charge in [-0.3, -0.25) is 4.79 Å². The minimum Gasteiger partial charge on any atom is -0.386 e. The number of β-amino-alcohol motifs (C(OH)–C–C–N with tert-alkyl or cyclic N) is 1. The number of amides is 1. The van der Waals surface area contributed by atoms with E-state index in [0.717, 1.165) is 29.3 Å². The highest BCUT2D eigenvalue weighted by atomic mass is 16.3. The minimum absolute atomic E-state index is 0.0931. The fourth-order valence-corrected chi connectivity index (χ4v) is 3.02. The molecule has 106 valence electrons. The monoisotopic (exact) mass is 272 g/mol. The van der Waals surface area contributed by atoms with Gasteiger partial charge in [-0.15, -0.1) is 0 Å². The minimum atomic E-state index is -0.648. The molecule has 4 heteroatoms. The van der Waals surface area contributed by atoms with Crippen molar-refractivity contribution in [2.75, 3.05) is 13.1 Å². The van der Waals surface area contributed by atoms with Gasteiger partial charge in [0.15, 0.2) is 0 Å². The Morgan fingerprint density at radius 2 is 2.15 bits per heavy atom. The van der Waals surface area contributed by atoms with Gasteiger partial charge in [-0.2, -0.15) is 0 Å². The van der Waals surface area contributed by atoms with Gasteiger partial charge < -0.3 is 15.0 Å². The maximum absolute atomic E-state index is 12.2. The molecule has 3 rings (SSSR count). The molecule has 0 aliphatic carbocycles. The van der Waals surface area contributed by atoms with Crippen LogP contribution < -0.4 is 0 Å². The lowest BCUT2D eigenvalue weighted by Gasteiger charge is -2.46. The van der Waals surface area contributed by atoms with Gasteiger partial charge in [0.2, 0.25) is 5.91 Å². The van der Waals surface area contributed by atoms with Crippen LogP contribution in [0.15, 0.2) is 30.5 Å². The average Bonchev–Trinajstić information content (AvgIpc) is 2.80. The standard InChI is InChI=1S/C16H20N2O2/c1-2-7-16(20)10-18(11-16)15(19)8-12-9-17-14-6-4-3-5-13(12)14/h3-6,9,17,20H,2,7-8,10-11H2,1H3. The molecule has 0 unspecified atom stereocenters. The summed E-state index contributed by atoms with van der Waals surface area (Å²) < 4.78 is 0. The fraction of sp³-hybridized carbons (Fsp3) is 0.438. The molecule has 0 atom stereocenters. The van der Waals surface area contributed by atoms with Gasteiger partial charge in [0.25, 0.3) is 0 Å². The van der Waals surface area contributed by atoms with Gasteiger partial charge in [0.05, 0.1) is 25.1 Å². The van der Waals surface area contributed by atoms with E-state index in [2.05, 4.69) is 4.98 Å². The lowest BCUT2D eigenvalue weighted by Crippen LogP contribution is -2.63. The van der Waals surface area contributed by atoms with Gasteiger partial charge in [-0.25, -0.2) is 0 Å². The smallest absolute Gasteiger partial charge is 0.227 e. The summed E-state index contributed by atoms with van der Waals surface area (Å²) in [6, 6.07) is 7.99. The van der Waals surface area contributed by atoms with E-state index in [1.807, 2.05) is 37.4 Å². The fourth-order valence-electron chi connectivity index (χ4n) is 3.02. The molecule has 20 heavy (non-hydrogen) atoms. The molecule has 1 amide bonds. The number of nitrogens with zero attached hydrogens (tertiary/aromatic N) is 1. The quantitative estimate of drug-likeness (QED) is 0.895. The number of rotatable bonds is 4. The van der Waals surface area contributed by atoms with E-state index in [-0.39, 0.29) is 5.91 Å². The molecule has 1 aromatic carbocycles. The highest BCUT2D eigenvalue weighted by Gasteiger charge is 2.42. The number of aliphatic hydroxyl groups is 1. The lowest BCUT2D eigenvalue weighted by molar-refractivity contribution is -0.155. The van der Waals surface area contributed by atoms with Crippen molar-refractivity contribution in [1.82, 2.24) is 9.88 Å². The molecule has 1 fully saturated rings.